The first-order valence-electron chi connectivity index (χ1n) is 6.79. The minimum atomic E-state index is -0.818. The lowest BCUT2D eigenvalue weighted by Crippen LogP contribution is -2.47. The summed E-state index contributed by atoms with van der Waals surface area (Å²) >= 11 is 0. The molecule has 6 heteroatoms. The quantitative estimate of drug-likeness (QED) is 0.824. The molecule has 0 bridgehead atoms. The van der Waals surface area contributed by atoms with Gasteiger partial charge in [-0.25, -0.2) is 8.78 Å². The predicted molar refractivity (Wildman–Crippen MR) is 74.9 cm³/mol. The summed E-state index contributed by atoms with van der Waals surface area (Å²) in [5.74, 6) is -2.40. The number of halogens is 2. The zero-order valence-electron chi connectivity index (χ0n) is 12.2. The number of hydrogen-bond donors (Lipinski definition) is 2. The van der Waals surface area contributed by atoms with Gasteiger partial charge in [0.15, 0.2) is 5.82 Å². The van der Waals surface area contributed by atoms with Crippen LogP contribution >= 0.6 is 0 Å². The number of imide groups is 1. The van der Waals surface area contributed by atoms with Crippen LogP contribution in [0.3, 0.4) is 0 Å². The van der Waals surface area contributed by atoms with Crippen molar-refractivity contribution in [1.29, 1.82) is 0 Å². The summed E-state index contributed by atoms with van der Waals surface area (Å²) < 4.78 is 28.4. The largest absolute Gasteiger partial charge is 0.369 e. The molecule has 1 aliphatic heterocycles. The lowest BCUT2D eigenvalue weighted by molar-refractivity contribution is -0.133. The minimum absolute atomic E-state index is 0.144. The molecule has 0 spiro atoms. The van der Waals surface area contributed by atoms with E-state index in [9.17, 15) is 18.4 Å². The molecule has 1 unspecified atom stereocenters. The van der Waals surface area contributed by atoms with Crippen LogP contribution in [0, 0.1) is 11.6 Å². The van der Waals surface area contributed by atoms with Crippen molar-refractivity contribution in [2.24, 2.45) is 0 Å². The number of amides is 2. The summed E-state index contributed by atoms with van der Waals surface area (Å²) in [6, 6.07) is 1.76. The highest BCUT2D eigenvalue weighted by Gasteiger charge is 2.29. The zero-order chi connectivity index (χ0) is 15.8. The van der Waals surface area contributed by atoms with E-state index in [1.807, 2.05) is 20.8 Å². The number of carbonyl (C=O) groups excluding carboxylic acids is 2. The van der Waals surface area contributed by atoms with Crippen molar-refractivity contribution in [3.63, 3.8) is 0 Å². The van der Waals surface area contributed by atoms with Crippen LogP contribution in [0.5, 0.6) is 0 Å². The monoisotopic (exact) mass is 296 g/mol. The Kier molecular flexibility index (Phi) is 3.98. The normalized spacial score (nSPS) is 19.4. The van der Waals surface area contributed by atoms with E-state index in [-0.39, 0.29) is 24.4 Å². The molecule has 0 aromatic heterocycles. The SMILES string of the molecule is CC(C)(C)c1ccc(F)c(NC2CCC(=O)NC2=O)c1F. The van der Waals surface area contributed by atoms with Gasteiger partial charge in [-0.1, -0.05) is 26.8 Å². The maximum atomic E-state index is 14.5. The van der Waals surface area contributed by atoms with Crippen LogP contribution in [-0.2, 0) is 15.0 Å². The van der Waals surface area contributed by atoms with Gasteiger partial charge in [-0.2, -0.15) is 0 Å². The van der Waals surface area contributed by atoms with E-state index in [1.165, 1.54) is 12.1 Å². The lowest BCUT2D eigenvalue weighted by Gasteiger charge is -2.26. The van der Waals surface area contributed by atoms with Gasteiger partial charge in [-0.15, -0.1) is 0 Å². The van der Waals surface area contributed by atoms with E-state index in [4.69, 9.17) is 0 Å². The Bertz CT molecular complexity index is 594. The molecule has 1 atom stereocenters. The van der Waals surface area contributed by atoms with Crippen molar-refractivity contribution >= 4 is 17.5 Å². The summed E-state index contributed by atoms with van der Waals surface area (Å²) in [4.78, 5) is 22.8. The number of benzene rings is 1. The van der Waals surface area contributed by atoms with E-state index >= 15 is 0 Å². The Labute approximate surface area is 121 Å². The molecule has 0 aliphatic carbocycles. The molecule has 1 aromatic carbocycles. The molecule has 1 fully saturated rings. The fourth-order valence-corrected chi connectivity index (χ4v) is 2.27. The molecule has 0 saturated carbocycles. The van der Waals surface area contributed by atoms with E-state index in [0.29, 0.717) is 5.56 Å². The van der Waals surface area contributed by atoms with Gasteiger partial charge in [-0.3, -0.25) is 14.9 Å². The number of rotatable bonds is 2. The van der Waals surface area contributed by atoms with Crippen LogP contribution in [0.4, 0.5) is 14.5 Å². The highest BCUT2D eigenvalue weighted by atomic mass is 19.1. The second-order valence-electron chi connectivity index (χ2n) is 6.18. The molecule has 4 nitrogen and oxygen atoms in total. The highest BCUT2D eigenvalue weighted by molar-refractivity contribution is 6.01. The molecule has 1 aromatic rings. The number of anilines is 1. The Balaban J connectivity index is 2.32. The smallest absolute Gasteiger partial charge is 0.249 e. The fourth-order valence-electron chi connectivity index (χ4n) is 2.27. The summed E-state index contributed by atoms with van der Waals surface area (Å²) in [6.07, 6.45) is 0.356. The molecule has 2 N–H and O–H groups in total. The first-order valence-corrected chi connectivity index (χ1v) is 6.79. The van der Waals surface area contributed by atoms with Gasteiger partial charge in [0.25, 0.3) is 0 Å². The van der Waals surface area contributed by atoms with Crippen LogP contribution in [0.2, 0.25) is 0 Å². The van der Waals surface area contributed by atoms with Gasteiger partial charge in [0.2, 0.25) is 11.8 Å². The van der Waals surface area contributed by atoms with Gasteiger partial charge in [0.1, 0.15) is 17.5 Å². The zero-order valence-corrected chi connectivity index (χ0v) is 12.2. The van der Waals surface area contributed by atoms with Gasteiger partial charge < -0.3 is 5.32 Å². The maximum absolute atomic E-state index is 14.5. The predicted octanol–water partition coefficient (Wildman–Crippen LogP) is 2.48. The van der Waals surface area contributed by atoms with Crippen molar-refractivity contribution in [2.75, 3.05) is 5.32 Å². The van der Waals surface area contributed by atoms with Gasteiger partial charge in [0, 0.05) is 6.42 Å². The standard InChI is InChI=1S/C15H18F2N2O2/c1-15(2,3)8-4-5-9(16)13(12(8)17)18-10-6-7-11(20)19-14(10)21/h4-5,10,18H,6-7H2,1-3H3,(H,19,20,21). The van der Waals surface area contributed by atoms with Crippen molar-refractivity contribution in [1.82, 2.24) is 5.32 Å². The molecule has 21 heavy (non-hydrogen) atoms. The summed E-state index contributed by atoms with van der Waals surface area (Å²) in [7, 11) is 0. The second-order valence-corrected chi connectivity index (χ2v) is 6.18. The number of carbonyl (C=O) groups is 2. The van der Waals surface area contributed by atoms with E-state index in [0.717, 1.165) is 0 Å². The van der Waals surface area contributed by atoms with Gasteiger partial charge in [0.05, 0.1) is 0 Å². The minimum Gasteiger partial charge on any atom is -0.369 e. The number of nitrogens with one attached hydrogen (secondary N) is 2. The second kappa shape index (κ2) is 5.42. The van der Waals surface area contributed by atoms with Crippen LogP contribution < -0.4 is 10.6 Å². The molecule has 2 amide bonds. The molecule has 1 aliphatic rings. The average molecular weight is 296 g/mol. The van der Waals surface area contributed by atoms with Gasteiger partial charge in [-0.05, 0) is 23.5 Å². The van der Waals surface area contributed by atoms with Crippen molar-refractivity contribution in [2.45, 2.75) is 45.1 Å². The van der Waals surface area contributed by atoms with Gasteiger partial charge >= 0.3 is 0 Å². The molecular weight excluding hydrogens is 278 g/mol. The fraction of sp³-hybridized carbons (Fsp3) is 0.467. The molecular formula is C15H18F2N2O2. The third-order valence-electron chi connectivity index (χ3n) is 3.46. The third-order valence-corrected chi connectivity index (χ3v) is 3.46. The van der Waals surface area contributed by atoms with E-state index in [2.05, 4.69) is 10.6 Å². The first kappa shape index (κ1) is 15.4. The van der Waals surface area contributed by atoms with Crippen LogP contribution in [-0.4, -0.2) is 17.9 Å². The average Bonchev–Trinajstić information content (AvgIpc) is 2.35. The Morgan fingerprint density at radius 1 is 1.24 bits per heavy atom. The van der Waals surface area contributed by atoms with Crippen LogP contribution in [0.1, 0.15) is 39.2 Å². The third kappa shape index (κ3) is 3.20. The summed E-state index contributed by atoms with van der Waals surface area (Å²) in [6.45, 7) is 5.46. The van der Waals surface area contributed by atoms with Crippen molar-refractivity contribution in [3.8, 4) is 0 Å². The van der Waals surface area contributed by atoms with Crippen molar-refractivity contribution in [3.05, 3.63) is 29.3 Å². The summed E-state index contributed by atoms with van der Waals surface area (Å²) in [5, 5.41) is 4.73. The van der Waals surface area contributed by atoms with Crippen LogP contribution in [0.25, 0.3) is 0 Å². The Morgan fingerprint density at radius 3 is 2.48 bits per heavy atom. The lowest BCUT2D eigenvalue weighted by atomic mass is 9.86. The maximum Gasteiger partial charge on any atom is 0.249 e. The van der Waals surface area contributed by atoms with Crippen molar-refractivity contribution < 1.29 is 18.4 Å². The Morgan fingerprint density at radius 2 is 1.90 bits per heavy atom. The van der Waals surface area contributed by atoms with E-state index in [1.54, 1.807) is 0 Å². The number of piperidine rings is 1. The van der Waals surface area contributed by atoms with E-state index < -0.39 is 29.0 Å². The number of hydrogen-bond acceptors (Lipinski definition) is 3. The topological polar surface area (TPSA) is 58.2 Å². The molecule has 114 valence electrons. The molecule has 2 rings (SSSR count). The summed E-state index contributed by atoms with van der Waals surface area (Å²) in [5.41, 5.74) is -0.449. The Hall–Kier alpha value is -1.98. The molecule has 1 heterocycles. The molecule has 0 radical (unpaired) electrons. The van der Waals surface area contributed by atoms with Crippen LogP contribution in [0.15, 0.2) is 12.1 Å². The molecule has 1 saturated heterocycles. The highest BCUT2D eigenvalue weighted by Crippen LogP contribution is 2.31. The first-order chi connectivity index (χ1) is 9.70.